The number of nitrogen functional groups attached to an aromatic ring is 1. The number of benzene rings is 1. The average molecular weight is 257 g/mol. The number of morpholine rings is 1. The highest BCUT2D eigenvalue weighted by Gasteiger charge is 2.17. The molecule has 1 heterocycles. The fourth-order valence-electron chi connectivity index (χ4n) is 1.59. The Labute approximate surface area is 91.8 Å². The van der Waals surface area contributed by atoms with E-state index in [0.717, 1.165) is 29.9 Å². The van der Waals surface area contributed by atoms with Crippen molar-refractivity contribution in [2.75, 3.05) is 25.5 Å². The van der Waals surface area contributed by atoms with Crippen LogP contribution < -0.4 is 11.1 Å². The highest BCUT2D eigenvalue weighted by Crippen LogP contribution is 2.26. The fraction of sp³-hybridized carbons (Fsp3) is 0.400. The smallest absolute Gasteiger partial charge is 0.0662 e. The molecule has 0 unspecified atom stereocenters. The van der Waals surface area contributed by atoms with Gasteiger partial charge in [0, 0.05) is 16.7 Å². The van der Waals surface area contributed by atoms with Gasteiger partial charge in [-0.25, -0.2) is 0 Å². The second-order valence-corrected chi connectivity index (χ2v) is 4.22. The molecule has 0 aliphatic carbocycles. The number of ether oxygens (including phenoxy) is 1. The Morgan fingerprint density at radius 2 is 2.36 bits per heavy atom. The van der Waals surface area contributed by atoms with Crippen molar-refractivity contribution in [3.05, 3.63) is 28.2 Å². The molecule has 0 aromatic heterocycles. The van der Waals surface area contributed by atoms with Crippen molar-refractivity contribution in [1.82, 2.24) is 5.32 Å². The van der Waals surface area contributed by atoms with Crippen molar-refractivity contribution in [2.45, 2.75) is 6.04 Å². The number of anilines is 1. The van der Waals surface area contributed by atoms with Crippen LogP contribution in [0, 0.1) is 0 Å². The van der Waals surface area contributed by atoms with Gasteiger partial charge in [-0.15, -0.1) is 0 Å². The van der Waals surface area contributed by atoms with Crippen molar-refractivity contribution in [1.29, 1.82) is 0 Å². The largest absolute Gasteiger partial charge is 0.399 e. The van der Waals surface area contributed by atoms with Gasteiger partial charge in [0.2, 0.25) is 0 Å². The molecule has 1 aromatic carbocycles. The summed E-state index contributed by atoms with van der Waals surface area (Å²) in [6.45, 7) is 2.42. The minimum atomic E-state index is 0.277. The molecular weight excluding hydrogens is 244 g/mol. The molecule has 4 heteroatoms. The molecule has 76 valence electrons. The summed E-state index contributed by atoms with van der Waals surface area (Å²) in [6.07, 6.45) is 0. The van der Waals surface area contributed by atoms with Gasteiger partial charge >= 0.3 is 0 Å². The maximum atomic E-state index is 5.68. The topological polar surface area (TPSA) is 47.3 Å². The molecule has 1 aliphatic rings. The summed E-state index contributed by atoms with van der Waals surface area (Å²) in [4.78, 5) is 0. The second-order valence-electron chi connectivity index (χ2n) is 3.36. The fourth-order valence-corrected chi connectivity index (χ4v) is 2.26. The van der Waals surface area contributed by atoms with Gasteiger partial charge in [-0.1, -0.05) is 22.0 Å². The molecule has 2 rings (SSSR count). The first-order chi connectivity index (χ1) is 6.77. The van der Waals surface area contributed by atoms with Gasteiger partial charge in [0.05, 0.1) is 19.3 Å². The van der Waals surface area contributed by atoms with Crippen molar-refractivity contribution >= 4 is 21.6 Å². The van der Waals surface area contributed by atoms with E-state index in [1.807, 2.05) is 18.2 Å². The molecule has 3 N–H and O–H groups in total. The summed E-state index contributed by atoms with van der Waals surface area (Å²) in [5.41, 5.74) is 7.66. The zero-order chi connectivity index (χ0) is 9.97. The third kappa shape index (κ3) is 2.08. The summed E-state index contributed by atoms with van der Waals surface area (Å²) >= 11 is 3.51. The molecule has 14 heavy (non-hydrogen) atoms. The number of nitrogens with one attached hydrogen (secondary N) is 1. The molecule has 0 saturated carbocycles. The third-order valence-electron chi connectivity index (χ3n) is 2.32. The third-order valence-corrected chi connectivity index (χ3v) is 3.01. The van der Waals surface area contributed by atoms with E-state index in [2.05, 4.69) is 21.2 Å². The number of hydrogen-bond acceptors (Lipinski definition) is 3. The lowest BCUT2D eigenvalue weighted by Gasteiger charge is -2.25. The minimum Gasteiger partial charge on any atom is -0.399 e. The molecule has 1 aliphatic heterocycles. The van der Waals surface area contributed by atoms with Gasteiger partial charge in [0.15, 0.2) is 0 Å². The normalized spacial score (nSPS) is 22.2. The predicted octanol–water partition coefficient (Wildman–Crippen LogP) is 1.69. The average Bonchev–Trinajstić information content (AvgIpc) is 2.19. The number of nitrogens with two attached hydrogens (primary N) is 1. The monoisotopic (exact) mass is 256 g/mol. The van der Waals surface area contributed by atoms with Gasteiger partial charge in [-0.3, -0.25) is 0 Å². The summed E-state index contributed by atoms with van der Waals surface area (Å²) in [6, 6.07) is 6.15. The standard InChI is InChI=1S/C10H13BrN2O/c11-9-5-7(12)1-2-8(9)10-6-14-4-3-13-10/h1-2,5,10,13H,3-4,6,12H2/t10-/m1/s1. The maximum absolute atomic E-state index is 5.68. The number of rotatable bonds is 1. The molecule has 3 nitrogen and oxygen atoms in total. The molecule has 1 atom stereocenters. The van der Waals surface area contributed by atoms with Crippen LogP contribution in [0.4, 0.5) is 5.69 Å². The van der Waals surface area contributed by atoms with Gasteiger partial charge < -0.3 is 15.8 Å². The molecule has 1 aromatic rings. The van der Waals surface area contributed by atoms with Gasteiger partial charge in [-0.05, 0) is 17.7 Å². The van der Waals surface area contributed by atoms with Crippen LogP contribution in [0.3, 0.4) is 0 Å². The molecule has 0 bridgehead atoms. The summed E-state index contributed by atoms with van der Waals surface area (Å²) in [7, 11) is 0. The molecule has 0 amide bonds. The van der Waals surface area contributed by atoms with Crippen LogP contribution in [-0.2, 0) is 4.74 Å². The second kappa shape index (κ2) is 4.29. The van der Waals surface area contributed by atoms with E-state index >= 15 is 0 Å². The summed E-state index contributed by atoms with van der Waals surface area (Å²) in [5, 5.41) is 3.40. The zero-order valence-electron chi connectivity index (χ0n) is 7.79. The van der Waals surface area contributed by atoms with Crippen molar-refractivity contribution < 1.29 is 4.74 Å². The molecule has 0 spiro atoms. The van der Waals surface area contributed by atoms with Crippen LogP contribution in [0.5, 0.6) is 0 Å². The van der Waals surface area contributed by atoms with Crippen LogP contribution in [-0.4, -0.2) is 19.8 Å². The van der Waals surface area contributed by atoms with Crippen molar-refractivity contribution in [2.24, 2.45) is 0 Å². The maximum Gasteiger partial charge on any atom is 0.0662 e. The Morgan fingerprint density at radius 3 is 3.00 bits per heavy atom. The summed E-state index contributed by atoms with van der Waals surface area (Å²) < 4.78 is 6.45. The van der Waals surface area contributed by atoms with Gasteiger partial charge in [0.1, 0.15) is 0 Å². The minimum absolute atomic E-state index is 0.277. The van der Waals surface area contributed by atoms with E-state index in [-0.39, 0.29) is 6.04 Å². The van der Waals surface area contributed by atoms with E-state index in [4.69, 9.17) is 10.5 Å². The van der Waals surface area contributed by atoms with Gasteiger partial charge in [-0.2, -0.15) is 0 Å². The molecule has 1 fully saturated rings. The molecule has 0 radical (unpaired) electrons. The molecular formula is C10H13BrN2O. The Bertz CT molecular complexity index is 324. The lowest BCUT2D eigenvalue weighted by Crippen LogP contribution is -2.34. The SMILES string of the molecule is Nc1ccc([C@H]2COCCN2)c(Br)c1. The van der Waals surface area contributed by atoms with E-state index < -0.39 is 0 Å². The summed E-state index contributed by atoms with van der Waals surface area (Å²) in [5.74, 6) is 0. The lowest BCUT2D eigenvalue weighted by atomic mass is 10.1. The van der Waals surface area contributed by atoms with Crippen LogP contribution in [0.15, 0.2) is 22.7 Å². The first-order valence-corrected chi connectivity index (χ1v) is 5.43. The highest BCUT2D eigenvalue weighted by atomic mass is 79.9. The lowest BCUT2D eigenvalue weighted by molar-refractivity contribution is 0.0767. The number of hydrogen-bond donors (Lipinski definition) is 2. The zero-order valence-corrected chi connectivity index (χ0v) is 9.38. The predicted molar refractivity (Wildman–Crippen MR) is 60.1 cm³/mol. The van der Waals surface area contributed by atoms with Crippen LogP contribution in [0.1, 0.15) is 11.6 Å². The van der Waals surface area contributed by atoms with E-state index in [1.54, 1.807) is 0 Å². The Morgan fingerprint density at radius 1 is 1.50 bits per heavy atom. The van der Waals surface area contributed by atoms with Crippen LogP contribution >= 0.6 is 15.9 Å². The number of halogens is 1. The Hall–Kier alpha value is -0.580. The van der Waals surface area contributed by atoms with Crippen LogP contribution in [0.2, 0.25) is 0 Å². The van der Waals surface area contributed by atoms with Gasteiger partial charge in [0.25, 0.3) is 0 Å². The van der Waals surface area contributed by atoms with Crippen molar-refractivity contribution in [3.63, 3.8) is 0 Å². The quantitative estimate of drug-likeness (QED) is 0.753. The van der Waals surface area contributed by atoms with Crippen LogP contribution in [0.25, 0.3) is 0 Å². The molecule has 1 saturated heterocycles. The van der Waals surface area contributed by atoms with E-state index in [1.165, 1.54) is 5.56 Å². The van der Waals surface area contributed by atoms with Crippen molar-refractivity contribution in [3.8, 4) is 0 Å². The highest BCUT2D eigenvalue weighted by molar-refractivity contribution is 9.10. The van der Waals surface area contributed by atoms with E-state index in [9.17, 15) is 0 Å². The first kappa shape index (κ1) is 9.96. The Kier molecular flexibility index (Phi) is 3.05. The Balaban J connectivity index is 2.22. The van der Waals surface area contributed by atoms with E-state index in [0.29, 0.717) is 0 Å². The first-order valence-electron chi connectivity index (χ1n) is 4.63.